The molecule has 0 aromatic heterocycles. The van der Waals surface area contributed by atoms with Crippen LogP contribution in [0.5, 0.6) is 0 Å². The van der Waals surface area contributed by atoms with E-state index in [1.54, 1.807) is 0 Å². The summed E-state index contributed by atoms with van der Waals surface area (Å²) < 4.78 is 20.0. The van der Waals surface area contributed by atoms with Crippen molar-refractivity contribution in [3.8, 4) is 0 Å². The van der Waals surface area contributed by atoms with Gasteiger partial charge in [0, 0.05) is 6.42 Å². The largest absolute Gasteiger partial charge is 0.413 e. The Bertz CT molecular complexity index is 828. The summed E-state index contributed by atoms with van der Waals surface area (Å²) in [4.78, 5) is 12.4. The van der Waals surface area contributed by atoms with E-state index in [9.17, 15) is 4.79 Å². The third-order valence-electron chi connectivity index (χ3n) is 10.8. The average Bonchev–Trinajstić information content (AvgIpc) is 3.22. The summed E-state index contributed by atoms with van der Waals surface area (Å²) in [5, 5.41) is 0.230. The number of ketones is 1. The molecule has 5 rings (SSSR count). The van der Waals surface area contributed by atoms with Gasteiger partial charge in [-0.3, -0.25) is 4.79 Å². The van der Waals surface area contributed by atoms with Crippen LogP contribution in [0.4, 0.5) is 0 Å². The minimum atomic E-state index is -1.83. The molecule has 0 aromatic rings. The van der Waals surface area contributed by atoms with Gasteiger partial charge in [0.1, 0.15) is 6.10 Å². The molecule has 9 atom stereocenters. The van der Waals surface area contributed by atoms with Crippen LogP contribution in [0.1, 0.15) is 80.1 Å². The zero-order chi connectivity index (χ0) is 23.3. The Hall–Kier alpha value is -0.493. The van der Waals surface area contributed by atoms with Gasteiger partial charge in [-0.2, -0.15) is 0 Å². The van der Waals surface area contributed by atoms with Crippen molar-refractivity contribution in [1.82, 2.24) is 0 Å². The molecular formula is C27H44O4Si. The van der Waals surface area contributed by atoms with Crippen LogP contribution in [0.15, 0.2) is 11.6 Å². The van der Waals surface area contributed by atoms with Gasteiger partial charge in [-0.1, -0.05) is 34.6 Å². The third kappa shape index (κ3) is 3.20. The summed E-state index contributed by atoms with van der Waals surface area (Å²) in [6.07, 6.45) is 8.59. The number of carbonyl (C=O) groups is 1. The fourth-order valence-corrected chi connectivity index (χ4v) is 9.42. The summed E-state index contributed by atoms with van der Waals surface area (Å²) in [5.74, 6) is 1.93. The lowest BCUT2D eigenvalue weighted by molar-refractivity contribution is -0.133. The van der Waals surface area contributed by atoms with Crippen molar-refractivity contribution in [2.24, 2.45) is 28.6 Å². The molecule has 5 heteroatoms. The first-order valence-electron chi connectivity index (χ1n) is 13.0. The van der Waals surface area contributed by atoms with Gasteiger partial charge >= 0.3 is 0 Å². The molecule has 4 fully saturated rings. The number of ether oxygens (including phenoxy) is 2. The van der Waals surface area contributed by atoms with Gasteiger partial charge in [-0.15, -0.1) is 0 Å². The summed E-state index contributed by atoms with van der Waals surface area (Å²) in [5.41, 5.74) is 1.51. The summed E-state index contributed by atoms with van der Waals surface area (Å²) >= 11 is 0. The average molecular weight is 461 g/mol. The van der Waals surface area contributed by atoms with E-state index in [2.05, 4.69) is 47.7 Å². The highest BCUT2D eigenvalue weighted by Gasteiger charge is 2.66. The fraction of sp³-hybridized carbons (Fsp3) is 0.889. The van der Waals surface area contributed by atoms with E-state index in [0.29, 0.717) is 30.3 Å². The minimum absolute atomic E-state index is 0.0526. The molecule has 1 saturated heterocycles. The van der Waals surface area contributed by atoms with Gasteiger partial charge in [0.2, 0.25) is 0 Å². The van der Waals surface area contributed by atoms with E-state index in [1.807, 2.05) is 13.0 Å². The number of hydrogen-bond donors (Lipinski definition) is 0. The van der Waals surface area contributed by atoms with Crippen molar-refractivity contribution < 1.29 is 18.7 Å². The van der Waals surface area contributed by atoms with Crippen molar-refractivity contribution in [1.29, 1.82) is 0 Å². The first-order valence-corrected chi connectivity index (χ1v) is 15.9. The molecule has 4 nitrogen and oxygen atoms in total. The van der Waals surface area contributed by atoms with Crippen molar-refractivity contribution >= 4 is 14.1 Å². The van der Waals surface area contributed by atoms with Crippen LogP contribution in [-0.4, -0.2) is 38.7 Å². The predicted octanol–water partition coefficient (Wildman–Crippen LogP) is 6.26. The quantitative estimate of drug-likeness (QED) is 0.456. The van der Waals surface area contributed by atoms with Crippen LogP contribution < -0.4 is 0 Å². The predicted molar refractivity (Wildman–Crippen MR) is 129 cm³/mol. The van der Waals surface area contributed by atoms with Gasteiger partial charge < -0.3 is 13.9 Å². The molecule has 4 aliphatic carbocycles. The van der Waals surface area contributed by atoms with E-state index >= 15 is 0 Å². The van der Waals surface area contributed by atoms with Gasteiger partial charge in [0.15, 0.2) is 20.4 Å². The lowest BCUT2D eigenvalue weighted by Gasteiger charge is -2.60. The highest BCUT2D eigenvalue weighted by molar-refractivity contribution is 6.74. The SMILES string of the molecule is CC1O[C@@H]2C3=CC(=O)CC[C@]3(C)C3CC[C@@]4(C)C(CC[C@@H]4O[Si](C)(C)C(C)(C)C)C3[C@H]2O1. The molecule has 3 saturated carbocycles. The van der Waals surface area contributed by atoms with Crippen LogP contribution >= 0.6 is 0 Å². The first kappa shape index (κ1) is 23.3. The van der Waals surface area contributed by atoms with Gasteiger partial charge in [0.25, 0.3) is 0 Å². The molecule has 1 aliphatic heterocycles. The van der Waals surface area contributed by atoms with E-state index < -0.39 is 8.32 Å². The normalized spacial score (nSPS) is 48.6. The second kappa shape index (κ2) is 7.25. The molecular weight excluding hydrogens is 416 g/mol. The number of carbonyl (C=O) groups excluding carboxylic acids is 1. The Balaban J connectivity index is 1.50. The maximum absolute atomic E-state index is 12.4. The number of rotatable bonds is 2. The van der Waals surface area contributed by atoms with Gasteiger partial charge in [-0.25, -0.2) is 0 Å². The monoisotopic (exact) mass is 460 g/mol. The second-order valence-corrected chi connectivity index (χ2v) is 18.2. The van der Waals surface area contributed by atoms with Crippen molar-refractivity contribution in [3.05, 3.63) is 11.6 Å². The first-order chi connectivity index (χ1) is 14.8. The second-order valence-electron chi connectivity index (χ2n) is 13.5. The maximum atomic E-state index is 12.4. The molecule has 0 amide bonds. The Morgan fingerprint density at radius 3 is 2.47 bits per heavy atom. The fourth-order valence-electron chi connectivity index (χ4n) is 7.97. The number of hydrogen-bond acceptors (Lipinski definition) is 4. The van der Waals surface area contributed by atoms with E-state index in [4.69, 9.17) is 13.9 Å². The summed E-state index contributed by atoms with van der Waals surface area (Å²) in [6.45, 7) is 18.8. The van der Waals surface area contributed by atoms with Crippen LogP contribution in [0.25, 0.3) is 0 Å². The standard InChI is InChI=1S/C27H44O4Si/c1-16-29-23-20-15-17(28)11-13-26(20,5)19-12-14-27(6)18(22(19)24(23)30-16)9-10-21(27)31-32(7,8)25(2,3)4/h15-16,18-19,21-24H,9-14H2,1-8H3/t16?,18?,19?,21-,22?,23+,24+,26+,27-/m0/s1. The molecule has 32 heavy (non-hydrogen) atoms. The van der Waals surface area contributed by atoms with Gasteiger partial charge in [0.05, 0.1) is 12.2 Å². The molecule has 0 radical (unpaired) electrons. The maximum Gasteiger partial charge on any atom is 0.192 e. The molecule has 0 bridgehead atoms. The molecule has 4 unspecified atom stereocenters. The Labute approximate surface area is 196 Å². The highest BCUT2D eigenvalue weighted by Crippen LogP contribution is 2.67. The Kier molecular flexibility index (Phi) is 5.27. The van der Waals surface area contributed by atoms with Gasteiger partial charge in [-0.05, 0) is 97.4 Å². The molecule has 1 heterocycles. The van der Waals surface area contributed by atoms with Crippen molar-refractivity contribution in [3.63, 3.8) is 0 Å². The summed E-state index contributed by atoms with van der Waals surface area (Å²) in [7, 11) is -1.83. The Morgan fingerprint density at radius 1 is 1.06 bits per heavy atom. The zero-order valence-electron chi connectivity index (χ0n) is 21.5. The summed E-state index contributed by atoms with van der Waals surface area (Å²) in [6, 6.07) is 0. The van der Waals surface area contributed by atoms with Crippen molar-refractivity contribution in [2.45, 2.75) is 123 Å². The molecule has 0 spiro atoms. The molecule has 5 aliphatic rings. The zero-order valence-corrected chi connectivity index (χ0v) is 22.5. The highest BCUT2D eigenvalue weighted by atomic mass is 28.4. The topological polar surface area (TPSA) is 44.8 Å². The van der Waals surface area contributed by atoms with E-state index in [1.165, 1.54) is 31.3 Å². The minimum Gasteiger partial charge on any atom is -0.413 e. The van der Waals surface area contributed by atoms with Crippen LogP contribution in [0, 0.1) is 28.6 Å². The van der Waals surface area contributed by atoms with Crippen LogP contribution in [0.3, 0.4) is 0 Å². The number of fused-ring (bicyclic) bond motifs is 8. The smallest absolute Gasteiger partial charge is 0.192 e. The lowest BCUT2D eigenvalue weighted by atomic mass is 9.46. The van der Waals surface area contributed by atoms with E-state index in [-0.39, 0.29) is 40.1 Å². The van der Waals surface area contributed by atoms with E-state index in [0.717, 1.165) is 6.42 Å². The third-order valence-corrected chi connectivity index (χ3v) is 15.3. The Morgan fingerprint density at radius 2 is 1.78 bits per heavy atom. The van der Waals surface area contributed by atoms with Crippen LogP contribution in [0.2, 0.25) is 18.1 Å². The molecule has 180 valence electrons. The molecule has 0 N–H and O–H groups in total. The van der Waals surface area contributed by atoms with Crippen LogP contribution in [-0.2, 0) is 18.7 Å². The lowest BCUT2D eigenvalue weighted by Crippen LogP contribution is -2.60. The van der Waals surface area contributed by atoms with Crippen molar-refractivity contribution in [2.75, 3.05) is 0 Å². The molecule has 0 aromatic carbocycles.